The average molecular weight is 314 g/mol. The van der Waals surface area contributed by atoms with Gasteiger partial charge < -0.3 is 5.32 Å². The minimum atomic E-state index is 0.279. The molecule has 4 heteroatoms. The summed E-state index contributed by atoms with van der Waals surface area (Å²) < 4.78 is 0. The molecule has 1 aromatic carbocycles. The van der Waals surface area contributed by atoms with Crippen LogP contribution < -0.4 is 5.32 Å². The minimum absolute atomic E-state index is 0.279. The Morgan fingerprint density at radius 3 is 2.63 bits per heavy atom. The molecule has 2 rings (SSSR count). The van der Waals surface area contributed by atoms with Gasteiger partial charge >= 0.3 is 0 Å². The molecule has 0 aliphatic carbocycles. The summed E-state index contributed by atoms with van der Waals surface area (Å²) in [5.41, 5.74) is 1.08. The lowest BCUT2D eigenvalue weighted by Gasteiger charge is -2.15. The van der Waals surface area contributed by atoms with Gasteiger partial charge in [0.2, 0.25) is 0 Å². The van der Waals surface area contributed by atoms with Crippen LogP contribution in [-0.2, 0) is 12.8 Å². The zero-order valence-electron chi connectivity index (χ0n) is 11.0. The first-order valence-corrected chi connectivity index (χ1v) is 7.91. The van der Waals surface area contributed by atoms with Gasteiger partial charge in [0.05, 0.1) is 0 Å². The molecule has 0 fully saturated rings. The van der Waals surface area contributed by atoms with Crippen molar-refractivity contribution >= 4 is 34.5 Å². The van der Waals surface area contributed by atoms with E-state index in [1.54, 1.807) is 0 Å². The highest BCUT2D eigenvalue weighted by Gasteiger charge is 2.14. The van der Waals surface area contributed by atoms with E-state index >= 15 is 0 Å². The third-order valence-corrected chi connectivity index (χ3v) is 5.10. The van der Waals surface area contributed by atoms with Crippen molar-refractivity contribution in [1.82, 2.24) is 5.32 Å². The van der Waals surface area contributed by atoms with Crippen molar-refractivity contribution in [1.29, 1.82) is 0 Å². The summed E-state index contributed by atoms with van der Waals surface area (Å²) in [5.74, 6) is 0. The molecular weight excluding hydrogens is 297 g/mol. The molecule has 1 N–H and O–H groups in total. The summed E-state index contributed by atoms with van der Waals surface area (Å²) in [6, 6.07) is 10.3. The van der Waals surface area contributed by atoms with Crippen LogP contribution >= 0.6 is 34.5 Å². The fourth-order valence-corrected chi connectivity index (χ4v) is 3.49. The smallest absolute Gasteiger partial charge is 0.0453 e. The van der Waals surface area contributed by atoms with Crippen molar-refractivity contribution in [2.24, 2.45) is 0 Å². The molecule has 102 valence electrons. The van der Waals surface area contributed by atoms with Crippen molar-refractivity contribution in [3.63, 3.8) is 0 Å². The zero-order chi connectivity index (χ0) is 13.8. The van der Waals surface area contributed by atoms with Crippen LogP contribution in [0.15, 0.2) is 30.3 Å². The van der Waals surface area contributed by atoms with Gasteiger partial charge in [-0.05, 0) is 55.8 Å². The SMILES string of the molecule is CCc1ccc(C(Cc2cc(Cl)ccc2Cl)NC)s1. The number of nitrogens with one attached hydrogen (secondary N) is 1. The van der Waals surface area contributed by atoms with Crippen LogP contribution in [0.1, 0.15) is 28.3 Å². The van der Waals surface area contributed by atoms with Crippen LogP contribution in [-0.4, -0.2) is 7.05 Å². The molecule has 1 nitrogen and oxygen atoms in total. The van der Waals surface area contributed by atoms with Gasteiger partial charge in [-0.2, -0.15) is 0 Å². The first kappa shape index (κ1) is 14.9. The Hall–Kier alpha value is -0.540. The second-order valence-electron chi connectivity index (χ2n) is 4.44. The first-order valence-electron chi connectivity index (χ1n) is 6.33. The summed E-state index contributed by atoms with van der Waals surface area (Å²) in [7, 11) is 1.98. The summed E-state index contributed by atoms with van der Waals surface area (Å²) in [6.07, 6.45) is 1.93. The number of likely N-dealkylation sites (N-methyl/N-ethyl adjacent to an activating group) is 1. The van der Waals surface area contributed by atoms with Crippen LogP contribution in [0.25, 0.3) is 0 Å². The predicted octanol–water partition coefficient (Wildman–Crippen LogP) is 5.12. The van der Waals surface area contributed by atoms with Crippen molar-refractivity contribution in [3.05, 3.63) is 55.7 Å². The fraction of sp³-hybridized carbons (Fsp3) is 0.333. The summed E-state index contributed by atoms with van der Waals surface area (Å²) in [6.45, 7) is 2.18. The second-order valence-corrected chi connectivity index (χ2v) is 6.48. The zero-order valence-corrected chi connectivity index (χ0v) is 13.4. The van der Waals surface area contributed by atoms with Crippen LogP contribution in [0.5, 0.6) is 0 Å². The van der Waals surface area contributed by atoms with E-state index in [0.29, 0.717) is 0 Å². The van der Waals surface area contributed by atoms with Gasteiger partial charge in [-0.3, -0.25) is 0 Å². The molecule has 1 atom stereocenters. The second kappa shape index (κ2) is 6.76. The lowest BCUT2D eigenvalue weighted by molar-refractivity contribution is 0.602. The van der Waals surface area contributed by atoms with E-state index in [0.717, 1.165) is 28.5 Å². The average Bonchev–Trinajstić information content (AvgIpc) is 2.88. The molecule has 0 radical (unpaired) electrons. The molecule has 2 aromatic rings. The Bertz CT molecular complexity index is 551. The van der Waals surface area contributed by atoms with Crippen LogP contribution in [0.4, 0.5) is 0 Å². The molecule has 0 aliphatic heterocycles. The van der Waals surface area contributed by atoms with Gasteiger partial charge in [0, 0.05) is 25.8 Å². The molecule has 0 saturated carbocycles. The molecule has 0 bridgehead atoms. The molecule has 0 aliphatic rings. The third kappa shape index (κ3) is 3.73. The maximum atomic E-state index is 6.23. The van der Waals surface area contributed by atoms with Gasteiger partial charge in [0.1, 0.15) is 0 Å². The largest absolute Gasteiger partial charge is 0.312 e. The molecule has 0 saturated heterocycles. The summed E-state index contributed by atoms with van der Waals surface area (Å²) >= 11 is 14.1. The van der Waals surface area contributed by atoms with Crippen LogP contribution in [0.3, 0.4) is 0 Å². The Balaban J connectivity index is 2.21. The number of hydrogen-bond donors (Lipinski definition) is 1. The molecule has 0 spiro atoms. The number of hydrogen-bond acceptors (Lipinski definition) is 2. The van der Waals surface area contributed by atoms with E-state index < -0.39 is 0 Å². The Morgan fingerprint density at radius 1 is 1.21 bits per heavy atom. The number of thiophene rings is 1. The van der Waals surface area contributed by atoms with E-state index in [4.69, 9.17) is 23.2 Å². The van der Waals surface area contributed by atoms with Crippen molar-refractivity contribution < 1.29 is 0 Å². The van der Waals surface area contributed by atoms with Gasteiger partial charge in [0.25, 0.3) is 0 Å². The van der Waals surface area contributed by atoms with Crippen molar-refractivity contribution in [2.45, 2.75) is 25.8 Å². The van der Waals surface area contributed by atoms with Gasteiger partial charge in [-0.25, -0.2) is 0 Å². The highest BCUT2D eigenvalue weighted by atomic mass is 35.5. The summed E-state index contributed by atoms with van der Waals surface area (Å²) in [5, 5.41) is 4.87. The molecule has 1 heterocycles. The lowest BCUT2D eigenvalue weighted by atomic mass is 10.0. The standard InChI is InChI=1S/C15H17Cl2NS/c1-3-12-5-7-15(19-12)14(18-2)9-10-8-11(16)4-6-13(10)17/h4-8,14,18H,3,9H2,1-2H3. The predicted molar refractivity (Wildman–Crippen MR) is 85.7 cm³/mol. The fourth-order valence-electron chi connectivity index (χ4n) is 2.04. The molecule has 0 amide bonds. The topological polar surface area (TPSA) is 12.0 Å². The molecule has 1 aromatic heterocycles. The number of rotatable bonds is 5. The van der Waals surface area contributed by atoms with Gasteiger partial charge in [0.15, 0.2) is 0 Å². The highest BCUT2D eigenvalue weighted by Crippen LogP contribution is 2.29. The quantitative estimate of drug-likeness (QED) is 0.807. The maximum Gasteiger partial charge on any atom is 0.0453 e. The highest BCUT2D eigenvalue weighted by molar-refractivity contribution is 7.12. The minimum Gasteiger partial charge on any atom is -0.312 e. The maximum absolute atomic E-state index is 6.23. The van der Waals surface area contributed by atoms with E-state index in [1.807, 2.05) is 36.6 Å². The number of halogens is 2. The lowest BCUT2D eigenvalue weighted by Crippen LogP contribution is -2.17. The molecule has 1 unspecified atom stereocenters. The monoisotopic (exact) mass is 313 g/mol. The van der Waals surface area contributed by atoms with Gasteiger partial charge in [-0.1, -0.05) is 30.1 Å². The molecular formula is C15H17Cl2NS. The Kier molecular flexibility index (Phi) is 5.28. The van der Waals surface area contributed by atoms with E-state index in [2.05, 4.69) is 24.4 Å². The van der Waals surface area contributed by atoms with Gasteiger partial charge in [-0.15, -0.1) is 11.3 Å². The van der Waals surface area contributed by atoms with Crippen molar-refractivity contribution in [2.75, 3.05) is 7.05 Å². The summed E-state index contributed by atoms with van der Waals surface area (Å²) in [4.78, 5) is 2.75. The van der Waals surface area contributed by atoms with E-state index in [-0.39, 0.29) is 6.04 Å². The Labute approximate surface area is 128 Å². The third-order valence-electron chi connectivity index (χ3n) is 3.15. The van der Waals surface area contributed by atoms with Crippen LogP contribution in [0.2, 0.25) is 10.0 Å². The number of benzene rings is 1. The Morgan fingerprint density at radius 2 is 2.00 bits per heavy atom. The molecule has 19 heavy (non-hydrogen) atoms. The van der Waals surface area contributed by atoms with Crippen molar-refractivity contribution in [3.8, 4) is 0 Å². The van der Waals surface area contributed by atoms with E-state index in [1.165, 1.54) is 9.75 Å². The normalized spacial score (nSPS) is 12.6. The first-order chi connectivity index (χ1) is 9.13. The van der Waals surface area contributed by atoms with Crippen LogP contribution in [0, 0.1) is 0 Å². The number of aryl methyl sites for hydroxylation is 1. The van der Waals surface area contributed by atoms with E-state index in [9.17, 15) is 0 Å².